The molecule has 8 heteroatoms. The van der Waals surface area contributed by atoms with Crippen LogP contribution in [-0.2, 0) is 5.75 Å². The van der Waals surface area contributed by atoms with Crippen molar-refractivity contribution in [1.82, 2.24) is 4.98 Å². The summed E-state index contributed by atoms with van der Waals surface area (Å²) in [6.45, 7) is 0. The summed E-state index contributed by atoms with van der Waals surface area (Å²) >= 11 is 7.84. The largest absolute Gasteiger partial charge is 0.240 e. The lowest BCUT2D eigenvalue weighted by atomic mass is 10.2. The monoisotopic (exact) mass is 389 g/mol. The van der Waals surface area contributed by atoms with Crippen molar-refractivity contribution in [3.05, 3.63) is 69.7 Å². The van der Waals surface area contributed by atoms with E-state index in [1.807, 2.05) is 0 Å². The van der Waals surface area contributed by atoms with Crippen molar-refractivity contribution >= 4 is 34.7 Å². The Morgan fingerprint density at radius 1 is 1.00 bits per heavy atom. The van der Waals surface area contributed by atoms with Crippen LogP contribution in [0.25, 0.3) is 10.6 Å². The number of nitrogens with zero attached hydrogens (tertiary/aromatic N) is 1. The Balaban J connectivity index is 1.78. The number of thioether (sulfide) groups is 1. The Bertz CT molecular complexity index is 854. The summed E-state index contributed by atoms with van der Waals surface area (Å²) in [6, 6.07) is 7.26. The molecule has 0 atom stereocenters. The minimum absolute atomic E-state index is 0.0841. The van der Waals surface area contributed by atoms with Crippen LogP contribution in [0.5, 0.6) is 0 Å². The van der Waals surface area contributed by atoms with Gasteiger partial charge < -0.3 is 0 Å². The van der Waals surface area contributed by atoms with E-state index in [4.69, 9.17) is 11.6 Å². The van der Waals surface area contributed by atoms with Gasteiger partial charge in [0, 0.05) is 27.8 Å². The quantitative estimate of drug-likeness (QED) is 0.294. The van der Waals surface area contributed by atoms with Gasteiger partial charge in [-0.25, -0.2) is 22.5 Å². The molecule has 3 aromatic rings. The third kappa shape index (κ3) is 3.58. The van der Waals surface area contributed by atoms with Crippen LogP contribution >= 0.6 is 34.7 Å². The molecule has 0 N–H and O–H groups in total. The summed E-state index contributed by atoms with van der Waals surface area (Å²) in [7, 11) is 0. The number of halogens is 5. The van der Waals surface area contributed by atoms with E-state index >= 15 is 0 Å². The Morgan fingerprint density at radius 3 is 2.25 bits per heavy atom. The summed E-state index contributed by atoms with van der Waals surface area (Å²) in [5, 5.41) is 3.04. The molecule has 0 fully saturated rings. The topological polar surface area (TPSA) is 12.9 Å². The molecule has 1 heterocycles. The van der Waals surface area contributed by atoms with Crippen LogP contribution in [0.3, 0.4) is 0 Å². The van der Waals surface area contributed by atoms with E-state index in [1.54, 1.807) is 29.6 Å². The maximum Gasteiger partial charge on any atom is 0.175 e. The van der Waals surface area contributed by atoms with Gasteiger partial charge in [0.15, 0.2) is 23.3 Å². The van der Waals surface area contributed by atoms with Crippen molar-refractivity contribution in [3.8, 4) is 10.6 Å². The molecular formula is C16H8ClF4NS2. The molecule has 0 aliphatic carbocycles. The molecule has 0 spiro atoms. The summed E-state index contributed by atoms with van der Waals surface area (Å²) in [5.41, 5.74) is 1.41. The lowest BCUT2D eigenvalue weighted by Crippen LogP contribution is -1.97. The lowest BCUT2D eigenvalue weighted by molar-refractivity contribution is 0.426. The highest BCUT2D eigenvalue weighted by atomic mass is 35.5. The second-order valence-corrected chi connectivity index (χ2v) is 7.02. The molecule has 0 unspecified atom stereocenters. The van der Waals surface area contributed by atoms with E-state index in [-0.39, 0.29) is 11.8 Å². The third-order valence-electron chi connectivity index (χ3n) is 3.08. The van der Waals surface area contributed by atoms with Crippen LogP contribution in [0.15, 0.2) is 40.6 Å². The van der Waals surface area contributed by atoms with Gasteiger partial charge in [0.25, 0.3) is 0 Å². The van der Waals surface area contributed by atoms with Crippen LogP contribution in [0.4, 0.5) is 17.6 Å². The first-order valence-corrected chi connectivity index (χ1v) is 8.86. The second kappa shape index (κ2) is 7.13. The van der Waals surface area contributed by atoms with Crippen molar-refractivity contribution in [3.63, 3.8) is 0 Å². The maximum atomic E-state index is 13.6. The van der Waals surface area contributed by atoms with Crippen molar-refractivity contribution in [2.45, 2.75) is 10.6 Å². The molecule has 3 rings (SSSR count). The second-order valence-electron chi connectivity index (χ2n) is 4.74. The van der Waals surface area contributed by atoms with Crippen molar-refractivity contribution in [2.24, 2.45) is 0 Å². The first-order valence-electron chi connectivity index (χ1n) is 6.62. The normalized spacial score (nSPS) is 11.0. The number of thiazole rings is 1. The number of hydrogen-bond acceptors (Lipinski definition) is 3. The standard InChI is InChI=1S/C16H8ClF4NS2/c17-9-3-1-8(2-4-9)16-22-10(7-24-16)6-23-15-13(20)11(18)5-12(19)14(15)21/h1-5,7H,6H2. The Hall–Kier alpha value is -1.57. The fourth-order valence-electron chi connectivity index (χ4n) is 1.92. The summed E-state index contributed by atoms with van der Waals surface area (Å²) < 4.78 is 53.6. The first kappa shape index (κ1) is 17.3. The Kier molecular flexibility index (Phi) is 5.12. The number of aromatic nitrogens is 1. The van der Waals surface area contributed by atoms with Gasteiger partial charge in [-0.1, -0.05) is 23.7 Å². The molecule has 0 amide bonds. The minimum atomic E-state index is -1.42. The van der Waals surface area contributed by atoms with Crippen LogP contribution in [0.2, 0.25) is 5.02 Å². The van der Waals surface area contributed by atoms with E-state index in [1.165, 1.54) is 11.3 Å². The van der Waals surface area contributed by atoms with E-state index < -0.39 is 28.2 Å². The fourth-order valence-corrected chi connectivity index (χ4v) is 3.87. The summed E-state index contributed by atoms with van der Waals surface area (Å²) in [6.07, 6.45) is 0. The van der Waals surface area contributed by atoms with Gasteiger partial charge in [-0.3, -0.25) is 0 Å². The van der Waals surface area contributed by atoms with E-state index in [9.17, 15) is 17.6 Å². The molecular weight excluding hydrogens is 382 g/mol. The number of hydrogen-bond donors (Lipinski definition) is 0. The average molecular weight is 390 g/mol. The van der Waals surface area contributed by atoms with Gasteiger partial charge in [-0.15, -0.1) is 23.1 Å². The molecule has 0 bridgehead atoms. The zero-order valence-electron chi connectivity index (χ0n) is 11.8. The zero-order valence-corrected chi connectivity index (χ0v) is 14.2. The average Bonchev–Trinajstić information content (AvgIpc) is 3.02. The number of benzene rings is 2. The predicted molar refractivity (Wildman–Crippen MR) is 88.4 cm³/mol. The van der Waals surface area contributed by atoms with Crippen LogP contribution in [0.1, 0.15) is 5.69 Å². The van der Waals surface area contributed by atoms with Gasteiger partial charge >= 0.3 is 0 Å². The fraction of sp³-hybridized carbons (Fsp3) is 0.0625. The van der Waals surface area contributed by atoms with Gasteiger partial charge in [-0.05, 0) is 12.1 Å². The van der Waals surface area contributed by atoms with Crippen molar-refractivity contribution < 1.29 is 17.6 Å². The molecule has 1 nitrogen and oxygen atoms in total. The van der Waals surface area contributed by atoms with Crippen LogP contribution < -0.4 is 0 Å². The minimum Gasteiger partial charge on any atom is -0.240 e. The van der Waals surface area contributed by atoms with Crippen LogP contribution in [0, 0.1) is 23.3 Å². The molecule has 1 aromatic heterocycles. The van der Waals surface area contributed by atoms with E-state index in [0.717, 1.165) is 5.56 Å². The van der Waals surface area contributed by atoms with Crippen molar-refractivity contribution in [2.75, 3.05) is 0 Å². The molecule has 0 aliphatic heterocycles. The highest BCUT2D eigenvalue weighted by molar-refractivity contribution is 7.98. The molecule has 0 radical (unpaired) electrons. The van der Waals surface area contributed by atoms with E-state index in [0.29, 0.717) is 27.5 Å². The van der Waals surface area contributed by atoms with Gasteiger partial charge in [0.1, 0.15) is 5.01 Å². The third-order valence-corrected chi connectivity index (χ3v) is 5.36. The molecule has 2 aromatic carbocycles. The molecule has 124 valence electrons. The van der Waals surface area contributed by atoms with Gasteiger partial charge in [-0.2, -0.15) is 0 Å². The predicted octanol–water partition coefficient (Wildman–Crippen LogP) is 6.31. The summed E-state index contributed by atoms with van der Waals surface area (Å²) in [4.78, 5) is 3.67. The summed E-state index contributed by atoms with van der Waals surface area (Å²) in [5.74, 6) is -5.55. The highest BCUT2D eigenvalue weighted by Gasteiger charge is 2.20. The SMILES string of the molecule is Fc1cc(F)c(F)c(SCc2csc(-c3ccc(Cl)cc3)n2)c1F. The van der Waals surface area contributed by atoms with Gasteiger partial charge in [0.05, 0.1) is 10.6 Å². The Labute approximate surface area is 148 Å². The van der Waals surface area contributed by atoms with Crippen LogP contribution in [-0.4, -0.2) is 4.98 Å². The smallest absolute Gasteiger partial charge is 0.175 e. The molecule has 0 saturated heterocycles. The molecule has 0 saturated carbocycles. The highest BCUT2D eigenvalue weighted by Crippen LogP contribution is 2.32. The number of rotatable bonds is 4. The van der Waals surface area contributed by atoms with E-state index in [2.05, 4.69) is 4.98 Å². The molecule has 24 heavy (non-hydrogen) atoms. The maximum absolute atomic E-state index is 13.6. The first-order chi connectivity index (χ1) is 11.5. The molecule has 0 aliphatic rings. The zero-order chi connectivity index (χ0) is 17.3. The van der Waals surface area contributed by atoms with Crippen molar-refractivity contribution in [1.29, 1.82) is 0 Å². The lowest BCUT2D eigenvalue weighted by Gasteiger charge is -2.05. The van der Waals surface area contributed by atoms with Gasteiger partial charge in [0.2, 0.25) is 0 Å². The Morgan fingerprint density at radius 2 is 1.62 bits per heavy atom.